The molecule has 0 amide bonds. The number of nitro benzene ring substituents is 1. The second kappa shape index (κ2) is 7.32. The van der Waals surface area contributed by atoms with Crippen LogP contribution in [0.5, 0.6) is 5.75 Å². The van der Waals surface area contributed by atoms with Crippen LogP contribution in [0.2, 0.25) is 0 Å². The molecule has 7 nitrogen and oxygen atoms in total. The molecule has 0 heterocycles. The Morgan fingerprint density at radius 3 is 2.05 bits per heavy atom. The van der Waals surface area contributed by atoms with Crippen LogP contribution in [0, 0.1) is 34.8 Å². The van der Waals surface area contributed by atoms with Crippen molar-refractivity contribution in [1.29, 1.82) is 0 Å². The van der Waals surface area contributed by atoms with Crippen molar-refractivity contribution in [3.05, 3.63) is 34.4 Å². The van der Waals surface area contributed by atoms with Crippen molar-refractivity contribution >= 4 is 13.5 Å². The maximum atomic E-state index is 12.1. The molecule has 0 atom stereocenters. The fourth-order valence-corrected chi connectivity index (χ4v) is 2.11. The van der Waals surface area contributed by atoms with Crippen molar-refractivity contribution in [2.75, 3.05) is 13.2 Å². The van der Waals surface area contributed by atoms with Gasteiger partial charge in [-0.3, -0.25) is 19.2 Å². The number of non-ortho nitro benzene ring substituents is 1. The number of rotatable bonds is 7. The molecule has 0 aromatic heterocycles. The molecule has 8 heteroatoms. The summed E-state index contributed by atoms with van der Waals surface area (Å²) < 4.78 is 26.8. The number of nitrogens with zero attached hydrogens (tertiary/aromatic N) is 1. The number of hydrogen-bond acceptors (Lipinski definition) is 6. The van der Waals surface area contributed by atoms with E-state index in [0.717, 1.165) is 0 Å². The summed E-state index contributed by atoms with van der Waals surface area (Å²) in [6.45, 7) is -0.594. The molecule has 0 N–H and O–H groups in total. The van der Waals surface area contributed by atoms with Gasteiger partial charge in [0.1, 0.15) is 19.0 Å². The molecule has 104 valence electrons. The first kappa shape index (κ1) is 15.7. The third kappa shape index (κ3) is 4.75. The Balaban J connectivity index is 2.84. The predicted octanol–water partition coefficient (Wildman–Crippen LogP) is 2.38. The van der Waals surface area contributed by atoms with Crippen LogP contribution in [0.4, 0.5) is 5.69 Å². The van der Waals surface area contributed by atoms with E-state index >= 15 is 0 Å². The second-order valence-corrected chi connectivity index (χ2v) is 4.84. The van der Waals surface area contributed by atoms with Crippen LogP contribution in [-0.2, 0) is 13.6 Å². The number of phosphoric ester groups is 1. The predicted molar refractivity (Wildman–Crippen MR) is 70.9 cm³/mol. The molecular weight excluding hydrogens is 285 g/mol. The Bertz CT molecular complexity index is 576. The Morgan fingerprint density at radius 1 is 1.15 bits per heavy atom. The number of benzene rings is 1. The Morgan fingerprint density at radius 2 is 1.65 bits per heavy atom. The van der Waals surface area contributed by atoms with Crippen LogP contribution in [0.1, 0.15) is 0 Å². The summed E-state index contributed by atoms with van der Waals surface area (Å²) in [6, 6.07) is 4.87. The van der Waals surface area contributed by atoms with Gasteiger partial charge in [-0.1, -0.05) is 11.8 Å². The zero-order valence-corrected chi connectivity index (χ0v) is 11.1. The SMILES string of the molecule is C#CCOP(=O)(OCC#C)Oc1ccc([N+](=O)[O-])cc1. The monoisotopic (exact) mass is 295 g/mol. The lowest BCUT2D eigenvalue weighted by Gasteiger charge is -2.16. The van der Waals surface area contributed by atoms with E-state index in [4.69, 9.17) is 26.4 Å². The number of phosphoric acid groups is 1. The zero-order chi connectivity index (χ0) is 15.0. The van der Waals surface area contributed by atoms with Crippen molar-refractivity contribution < 1.29 is 23.1 Å². The average molecular weight is 295 g/mol. The molecule has 0 aliphatic rings. The molecule has 0 aliphatic carbocycles. The largest absolute Gasteiger partial charge is 0.531 e. The molecule has 0 fully saturated rings. The minimum Gasteiger partial charge on any atom is -0.404 e. The van der Waals surface area contributed by atoms with Crippen LogP contribution in [-0.4, -0.2) is 18.1 Å². The summed E-state index contributed by atoms with van der Waals surface area (Å²) in [7, 11) is -3.97. The quantitative estimate of drug-likeness (QED) is 0.332. The van der Waals surface area contributed by atoms with Gasteiger partial charge in [0.2, 0.25) is 0 Å². The van der Waals surface area contributed by atoms with Crippen LogP contribution in [0.25, 0.3) is 0 Å². The molecule has 1 aromatic rings. The molecule has 1 aromatic carbocycles. The van der Waals surface area contributed by atoms with Crippen molar-refractivity contribution in [3.63, 3.8) is 0 Å². The van der Waals surface area contributed by atoms with Crippen molar-refractivity contribution in [2.45, 2.75) is 0 Å². The van der Waals surface area contributed by atoms with Crippen LogP contribution in [0.15, 0.2) is 24.3 Å². The maximum Gasteiger partial charge on any atom is 0.531 e. The molecule has 0 radical (unpaired) electrons. The highest BCUT2D eigenvalue weighted by Gasteiger charge is 2.28. The van der Waals surface area contributed by atoms with E-state index in [2.05, 4.69) is 11.8 Å². The molecule has 0 bridgehead atoms. The van der Waals surface area contributed by atoms with Crippen molar-refractivity contribution in [3.8, 4) is 30.4 Å². The first-order valence-electron chi connectivity index (χ1n) is 5.21. The van der Waals surface area contributed by atoms with Gasteiger partial charge in [-0.15, -0.1) is 12.8 Å². The van der Waals surface area contributed by atoms with E-state index in [1.54, 1.807) is 0 Å². The van der Waals surface area contributed by atoms with Gasteiger partial charge in [-0.25, -0.2) is 4.57 Å². The van der Waals surface area contributed by atoms with Crippen molar-refractivity contribution in [2.24, 2.45) is 0 Å². The maximum absolute atomic E-state index is 12.1. The van der Waals surface area contributed by atoms with Crippen LogP contribution in [0.3, 0.4) is 0 Å². The number of hydrogen-bond donors (Lipinski definition) is 0. The third-order valence-electron chi connectivity index (χ3n) is 1.88. The van der Waals surface area contributed by atoms with E-state index in [1.165, 1.54) is 24.3 Å². The van der Waals surface area contributed by atoms with E-state index in [-0.39, 0.29) is 24.7 Å². The first-order valence-corrected chi connectivity index (χ1v) is 6.67. The first-order chi connectivity index (χ1) is 9.50. The van der Waals surface area contributed by atoms with Crippen LogP contribution >= 0.6 is 7.82 Å². The van der Waals surface area contributed by atoms with Gasteiger partial charge in [-0.2, -0.15) is 0 Å². The van der Waals surface area contributed by atoms with E-state index in [1.807, 2.05) is 0 Å². The van der Waals surface area contributed by atoms with Gasteiger partial charge in [0.05, 0.1) is 4.92 Å². The lowest BCUT2D eigenvalue weighted by Crippen LogP contribution is -2.03. The standard InChI is InChI=1S/C12H10NO6P/c1-3-9-17-20(16,18-10-4-2)19-12-7-5-11(6-8-12)13(14)15/h1-2,5-8H,9-10H2. The molecule has 0 saturated carbocycles. The summed E-state index contributed by atoms with van der Waals surface area (Å²) in [5.41, 5.74) is -0.138. The summed E-state index contributed by atoms with van der Waals surface area (Å²) in [6.07, 6.45) is 9.98. The molecule has 0 unspecified atom stereocenters. The highest BCUT2D eigenvalue weighted by Crippen LogP contribution is 2.49. The summed E-state index contributed by atoms with van der Waals surface area (Å²) >= 11 is 0. The average Bonchev–Trinajstić information content (AvgIpc) is 2.44. The fraction of sp³-hybridized carbons (Fsp3) is 0.167. The van der Waals surface area contributed by atoms with Gasteiger partial charge in [0.25, 0.3) is 5.69 Å². The summed E-state index contributed by atoms with van der Waals surface area (Å²) in [5, 5.41) is 10.5. The van der Waals surface area contributed by atoms with Gasteiger partial charge in [0, 0.05) is 12.1 Å². The summed E-state index contributed by atoms with van der Waals surface area (Å²) in [4.78, 5) is 9.92. The van der Waals surface area contributed by atoms with Gasteiger partial charge in [0.15, 0.2) is 0 Å². The molecule has 0 spiro atoms. The lowest BCUT2D eigenvalue weighted by atomic mass is 10.3. The highest BCUT2D eigenvalue weighted by atomic mass is 31.2. The topological polar surface area (TPSA) is 87.9 Å². The molecule has 0 saturated heterocycles. The van der Waals surface area contributed by atoms with Gasteiger partial charge >= 0.3 is 7.82 Å². The molecule has 20 heavy (non-hydrogen) atoms. The summed E-state index contributed by atoms with van der Waals surface area (Å²) in [5.74, 6) is 4.29. The van der Waals surface area contributed by atoms with E-state index in [0.29, 0.717) is 0 Å². The minimum atomic E-state index is -3.97. The Kier molecular flexibility index (Phi) is 5.76. The lowest BCUT2D eigenvalue weighted by molar-refractivity contribution is -0.384. The van der Waals surface area contributed by atoms with E-state index in [9.17, 15) is 14.7 Å². The van der Waals surface area contributed by atoms with E-state index < -0.39 is 12.7 Å². The molecular formula is C12H10NO6P. The third-order valence-corrected chi connectivity index (χ3v) is 3.20. The Labute approximate surface area is 115 Å². The smallest absolute Gasteiger partial charge is 0.404 e. The normalized spacial score (nSPS) is 10.3. The fourth-order valence-electron chi connectivity index (χ4n) is 1.08. The van der Waals surface area contributed by atoms with Gasteiger partial charge in [-0.05, 0) is 12.1 Å². The van der Waals surface area contributed by atoms with Crippen LogP contribution < -0.4 is 4.52 Å². The zero-order valence-electron chi connectivity index (χ0n) is 10.2. The minimum absolute atomic E-state index is 0.0629. The number of nitro groups is 1. The number of terminal acetylenes is 2. The van der Waals surface area contributed by atoms with Crippen molar-refractivity contribution in [1.82, 2.24) is 0 Å². The second-order valence-electron chi connectivity index (χ2n) is 3.24. The molecule has 0 aliphatic heterocycles. The van der Waals surface area contributed by atoms with Gasteiger partial charge < -0.3 is 4.52 Å². The molecule has 1 rings (SSSR count). The Hall–Kier alpha value is -2.31. The highest BCUT2D eigenvalue weighted by molar-refractivity contribution is 7.48.